The Morgan fingerprint density at radius 3 is 0.960 bits per heavy atom. The first-order chi connectivity index (χ1) is 24.3. The quantitative estimate of drug-likeness (QED) is 0.0388. The van der Waals surface area contributed by atoms with Crippen molar-refractivity contribution in [2.45, 2.75) is 252 Å². The lowest BCUT2D eigenvalue weighted by Crippen LogP contribution is -2.09. The highest BCUT2D eigenvalue weighted by atomic mass is 16.5. The fourth-order valence-corrected chi connectivity index (χ4v) is 6.39. The fraction of sp³-hybridized carbons (Fsp3) is 0.909. The van der Waals surface area contributed by atoms with E-state index in [9.17, 15) is 19.2 Å². The zero-order valence-electron chi connectivity index (χ0n) is 33.7. The number of Topliss-reactive ketones (excluding diaryl/α,β-unsaturated/α-hetero) is 2. The van der Waals surface area contributed by atoms with Gasteiger partial charge in [0.1, 0.15) is 24.4 Å². The van der Waals surface area contributed by atoms with Crippen LogP contribution < -0.4 is 0 Å². The third-order valence-electron chi connectivity index (χ3n) is 9.56. The average molecular weight is 709 g/mol. The van der Waals surface area contributed by atoms with Gasteiger partial charge < -0.3 is 9.84 Å². The molecule has 0 spiro atoms. The van der Waals surface area contributed by atoms with Gasteiger partial charge in [0.05, 0.1) is 6.61 Å². The highest BCUT2D eigenvalue weighted by Gasteiger charge is 2.07. The Balaban J connectivity index is 0. The van der Waals surface area contributed by atoms with Gasteiger partial charge in [-0.1, -0.05) is 213 Å². The van der Waals surface area contributed by atoms with Crippen LogP contribution in [0, 0.1) is 0 Å². The molecule has 0 amide bonds. The Hall–Kier alpha value is -1.72. The largest absolute Gasteiger partial charge is 0.481 e. The Morgan fingerprint density at radius 2 is 0.680 bits per heavy atom. The first kappa shape index (κ1) is 50.4. The van der Waals surface area contributed by atoms with Gasteiger partial charge in [-0.15, -0.1) is 0 Å². The molecule has 0 aliphatic heterocycles. The molecule has 6 nitrogen and oxygen atoms in total. The summed E-state index contributed by atoms with van der Waals surface area (Å²) in [4.78, 5) is 43.5. The maximum Gasteiger partial charge on any atom is 0.313 e. The SMILES string of the molecule is CCCCCCCCCCCCCCCCCCCC(=O)CC(=O)O.CCCCCCCCCCCCCCCCCCOC(=O)CC(C)=O. The molecule has 0 rings (SSSR count). The average Bonchev–Trinajstić information content (AvgIpc) is 3.07. The maximum atomic E-state index is 11.2. The van der Waals surface area contributed by atoms with E-state index in [0.29, 0.717) is 13.0 Å². The first-order valence-electron chi connectivity index (χ1n) is 21.7. The second kappa shape index (κ2) is 43.4. The lowest BCUT2D eigenvalue weighted by atomic mass is 10.0. The van der Waals surface area contributed by atoms with Gasteiger partial charge in [-0.25, -0.2) is 0 Å². The van der Waals surface area contributed by atoms with Gasteiger partial charge in [-0.05, 0) is 19.8 Å². The van der Waals surface area contributed by atoms with Crippen molar-refractivity contribution in [3.05, 3.63) is 0 Å². The smallest absolute Gasteiger partial charge is 0.313 e. The van der Waals surface area contributed by atoms with E-state index >= 15 is 0 Å². The number of aliphatic carboxylic acids is 1. The Kier molecular flexibility index (Phi) is 43.8. The van der Waals surface area contributed by atoms with Crippen LogP contribution in [0.2, 0.25) is 0 Å². The minimum Gasteiger partial charge on any atom is -0.481 e. The van der Waals surface area contributed by atoms with Crippen molar-refractivity contribution in [2.24, 2.45) is 0 Å². The number of carbonyl (C=O) groups excluding carboxylic acids is 3. The number of esters is 1. The molecule has 0 saturated carbocycles. The molecule has 296 valence electrons. The molecule has 0 aromatic carbocycles. The molecule has 0 bridgehead atoms. The molecule has 0 heterocycles. The molecule has 0 aromatic heterocycles. The highest BCUT2D eigenvalue weighted by Crippen LogP contribution is 2.16. The summed E-state index contributed by atoms with van der Waals surface area (Å²) < 4.78 is 5.01. The van der Waals surface area contributed by atoms with E-state index in [1.165, 1.54) is 193 Å². The molecule has 50 heavy (non-hydrogen) atoms. The molecule has 0 radical (unpaired) electrons. The van der Waals surface area contributed by atoms with Crippen molar-refractivity contribution in [3.8, 4) is 0 Å². The number of carboxylic acids is 1. The number of ketones is 2. The summed E-state index contributed by atoms with van der Waals surface area (Å²) in [7, 11) is 0. The molecule has 0 aromatic rings. The van der Waals surface area contributed by atoms with Crippen molar-refractivity contribution in [1.29, 1.82) is 0 Å². The third-order valence-corrected chi connectivity index (χ3v) is 9.56. The topological polar surface area (TPSA) is 97.7 Å². The fourth-order valence-electron chi connectivity index (χ4n) is 6.39. The van der Waals surface area contributed by atoms with Gasteiger partial charge in [0.25, 0.3) is 0 Å². The zero-order valence-corrected chi connectivity index (χ0v) is 33.7. The number of carbonyl (C=O) groups is 4. The minimum absolute atomic E-state index is 0.0845. The van der Waals surface area contributed by atoms with Crippen LogP contribution in [0.4, 0.5) is 0 Å². The summed E-state index contributed by atoms with van der Waals surface area (Å²) in [6.07, 6.45) is 43.9. The maximum absolute atomic E-state index is 11.2. The van der Waals surface area contributed by atoms with E-state index in [0.717, 1.165) is 25.7 Å². The van der Waals surface area contributed by atoms with Crippen LogP contribution in [0.3, 0.4) is 0 Å². The molecule has 6 heteroatoms. The molecule has 0 unspecified atom stereocenters. The monoisotopic (exact) mass is 709 g/mol. The summed E-state index contributed by atoms with van der Waals surface area (Å²) in [6, 6.07) is 0. The molecule has 0 saturated heterocycles. The predicted octanol–water partition coefficient (Wildman–Crippen LogP) is 13.8. The number of hydrogen-bond acceptors (Lipinski definition) is 5. The lowest BCUT2D eigenvalue weighted by molar-refractivity contribution is -0.146. The van der Waals surface area contributed by atoms with Crippen LogP contribution in [-0.2, 0) is 23.9 Å². The highest BCUT2D eigenvalue weighted by molar-refractivity contribution is 5.94. The minimum atomic E-state index is -1.00. The molecule has 1 N–H and O–H groups in total. The van der Waals surface area contributed by atoms with E-state index < -0.39 is 5.97 Å². The van der Waals surface area contributed by atoms with Crippen molar-refractivity contribution < 1.29 is 29.0 Å². The van der Waals surface area contributed by atoms with Crippen molar-refractivity contribution >= 4 is 23.5 Å². The zero-order chi connectivity index (χ0) is 37.2. The van der Waals surface area contributed by atoms with E-state index in [-0.39, 0.29) is 30.4 Å². The Labute approximate surface area is 310 Å². The summed E-state index contributed by atoms with van der Waals surface area (Å²) in [6.45, 7) is 6.42. The molecule has 0 aliphatic rings. The van der Waals surface area contributed by atoms with Gasteiger partial charge in [-0.2, -0.15) is 0 Å². The summed E-state index contributed by atoms with van der Waals surface area (Å²) in [5, 5.41) is 8.51. The van der Waals surface area contributed by atoms with Crippen molar-refractivity contribution in [3.63, 3.8) is 0 Å². The third kappa shape index (κ3) is 48.4. The van der Waals surface area contributed by atoms with Crippen molar-refractivity contribution in [1.82, 2.24) is 0 Å². The van der Waals surface area contributed by atoms with Gasteiger partial charge in [0.2, 0.25) is 0 Å². The van der Waals surface area contributed by atoms with Crippen LogP contribution in [0.25, 0.3) is 0 Å². The number of unbranched alkanes of at least 4 members (excludes halogenated alkanes) is 31. The lowest BCUT2D eigenvalue weighted by Gasteiger charge is -2.04. The van der Waals surface area contributed by atoms with Crippen molar-refractivity contribution in [2.75, 3.05) is 6.61 Å². The van der Waals surface area contributed by atoms with Crippen LogP contribution >= 0.6 is 0 Å². The van der Waals surface area contributed by atoms with E-state index in [2.05, 4.69) is 13.8 Å². The van der Waals surface area contributed by atoms with Crippen LogP contribution in [-0.4, -0.2) is 35.2 Å². The number of carboxylic acid groups (broad SMARTS) is 1. The first-order valence-corrected chi connectivity index (χ1v) is 21.7. The second-order valence-corrected chi connectivity index (χ2v) is 14.9. The number of ether oxygens (including phenoxy) is 1. The molecule has 0 atom stereocenters. The molecular weight excluding hydrogens is 624 g/mol. The van der Waals surface area contributed by atoms with E-state index in [1.54, 1.807) is 0 Å². The van der Waals surface area contributed by atoms with Gasteiger partial charge in [0, 0.05) is 6.42 Å². The predicted molar refractivity (Wildman–Crippen MR) is 212 cm³/mol. The van der Waals surface area contributed by atoms with Gasteiger partial charge in [-0.3, -0.25) is 19.2 Å². The van der Waals surface area contributed by atoms with Crippen LogP contribution in [0.15, 0.2) is 0 Å². The molecule has 0 fully saturated rings. The van der Waals surface area contributed by atoms with E-state index in [4.69, 9.17) is 9.84 Å². The summed E-state index contributed by atoms with van der Waals surface area (Å²) in [5.74, 6) is -1.64. The summed E-state index contributed by atoms with van der Waals surface area (Å²) in [5.41, 5.74) is 0. The molecule has 0 aliphatic carbocycles. The molecular formula is C44H84O6. The van der Waals surface area contributed by atoms with Gasteiger partial charge >= 0.3 is 11.9 Å². The number of hydrogen-bond donors (Lipinski definition) is 1. The Morgan fingerprint density at radius 1 is 0.400 bits per heavy atom. The standard InChI is InChI=1S/2C22H42O3/c1-3-4-5-6-7-8-9-10-11-12-13-14-15-16-17-18-19-25-22(24)20-21(2)23;1-2-3-4-5-6-7-8-9-10-11-12-13-14-15-16-17-18-19-21(23)20-22(24)25/h3-20H2,1-2H3;2-20H2,1H3,(H,24,25). The van der Waals surface area contributed by atoms with Crippen LogP contribution in [0.1, 0.15) is 252 Å². The number of rotatable bonds is 39. The van der Waals surface area contributed by atoms with E-state index in [1.807, 2.05) is 0 Å². The Bertz CT molecular complexity index is 687. The van der Waals surface area contributed by atoms with Gasteiger partial charge in [0.15, 0.2) is 0 Å². The summed E-state index contributed by atoms with van der Waals surface area (Å²) >= 11 is 0. The normalized spacial score (nSPS) is 10.9. The van der Waals surface area contributed by atoms with Crippen LogP contribution in [0.5, 0.6) is 0 Å². The second-order valence-electron chi connectivity index (χ2n) is 14.9.